The molecule has 1 atom stereocenters. The van der Waals surface area contributed by atoms with Gasteiger partial charge in [-0.2, -0.15) is 0 Å². The second-order valence-corrected chi connectivity index (χ2v) is 7.46. The Kier molecular flexibility index (Phi) is 7.80. The van der Waals surface area contributed by atoms with Gasteiger partial charge in [0.15, 0.2) is 11.5 Å². The number of rotatable bonds is 8. The van der Waals surface area contributed by atoms with Gasteiger partial charge in [-0.25, -0.2) is 9.91 Å². The van der Waals surface area contributed by atoms with Crippen molar-refractivity contribution < 1.29 is 38.1 Å². The quantitative estimate of drug-likeness (QED) is 0.444. The molecule has 2 aromatic rings. The number of ether oxygens (including phenoxy) is 4. The van der Waals surface area contributed by atoms with Crippen LogP contribution in [0.25, 0.3) is 0 Å². The second-order valence-electron chi connectivity index (χ2n) is 7.46. The van der Waals surface area contributed by atoms with Crippen molar-refractivity contribution in [2.45, 2.75) is 25.8 Å². The molecule has 35 heavy (non-hydrogen) atoms. The zero-order chi connectivity index (χ0) is 25.7. The van der Waals surface area contributed by atoms with E-state index in [-0.39, 0.29) is 29.9 Å². The molecule has 1 aliphatic heterocycles. The molecule has 2 aromatic carbocycles. The Bertz CT molecular complexity index is 1110. The maximum Gasteiger partial charge on any atom is 0.270 e. The van der Waals surface area contributed by atoms with Gasteiger partial charge < -0.3 is 18.9 Å². The molecule has 1 heterocycles. The summed E-state index contributed by atoms with van der Waals surface area (Å²) >= 11 is 0. The fourth-order valence-corrected chi connectivity index (χ4v) is 3.69. The van der Waals surface area contributed by atoms with Crippen LogP contribution in [0.15, 0.2) is 36.4 Å². The summed E-state index contributed by atoms with van der Waals surface area (Å²) in [7, 11) is 5.74. The maximum absolute atomic E-state index is 13.2. The number of nitrogens with one attached hydrogen (secondary N) is 1. The zero-order valence-corrected chi connectivity index (χ0v) is 20.1. The average molecular weight is 485 g/mol. The predicted octanol–water partition coefficient (Wildman–Crippen LogP) is 1.94. The normalized spacial score (nSPS) is 15.0. The van der Waals surface area contributed by atoms with E-state index in [9.17, 15) is 19.2 Å². The van der Waals surface area contributed by atoms with Gasteiger partial charge >= 0.3 is 0 Å². The molecule has 0 saturated carbocycles. The molecule has 0 aromatic heterocycles. The lowest BCUT2D eigenvalue weighted by Gasteiger charge is -2.27. The number of anilines is 1. The van der Waals surface area contributed by atoms with Crippen LogP contribution in [0.3, 0.4) is 0 Å². The molecule has 0 aliphatic carbocycles. The number of amides is 4. The second kappa shape index (κ2) is 10.8. The molecule has 1 fully saturated rings. The van der Waals surface area contributed by atoms with E-state index >= 15 is 0 Å². The van der Waals surface area contributed by atoms with Gasteiger partial charge in [0.25, 0.3) is 11.8 Å². The van der Waals surface area contributed by atoms with Crippen molar-refractivity contribution in [2.24, 2.45) is 0 Å². The topological polar surface area (TPSA) is 124 Å². The largest absolute Gasteiger partial charge is 0.497 e. The number of hydrogen-bond acceptors (Lipinski definition) is 8. The fourth-order valence-electron chi connectivity index (χ4n) is 3.69. The predicted molar refractivity (Wildman–Crippen MR) is 125 cm³/mol. The van der Waals surface area contributed by atoms with Gasteiger partial charge in [-0.1, -0.05) is 6.92 Å². The van der Waals surface area contributed by atoms with Crippen molar-refractivity contribution >= 4 is 29.3 Å². The Hall–Kier alpha value is -4.28. The van der Waals surface area contributed by atoms with Crippen molar-refractivity contribution in [3.8, 4) is 23.0 Å². The van der Waals surface area contributed by atoms with Gasteiger partial charge in [-0.05, 0) is 36.4 Å². The first-order valence-electron chi connectivity index (χ1n) is 10.7. The first-order valence-corrected chi connectivity index (χ1v) is 10.7. The third kappa shape index (κ3) is 4.98. The Morgan fingerprint density at radius 2 is 1.57 bits per heavy atom. The Labute approximate surface area is 202 Å². The van der Waals surface area contributed by atoms with Crippen LogP contribution in [0, 0.1) is 0 Å². The summed E-state index contributed by atoms with van der Waals surface area (Å²) in [5.74, 6) is -1.04. The summed E-state index contributed by atoms with van der Waals surface area (Å²) in [6.45, 7) is 1.59. The van der Waals surface area contributed by atoms with E-state index in [1.807, 2.05) is 0 Å². The standard InChI is InChI=1S/C24H27N3O8/c1-6-20(28)27(25-23(30)14-11-18(33-3)22(35-5)19(12-14)34-4)17-13-21(29)26(24(17)31)15-7-9-16(32-2)10-8-15/h7-12,17H,6,13H2,1-5H3,(H,25,30). The zero-order valence-electron chi connectivity index (χ0n) is 20.1. The molecule has 1 unspecified atom stereocenters. The number of methoxy groups -OCH3 is 4. The lowest BCUT2D eigenvalue weighted by molar-refractivity contribution is -0.140. The minimum absolute atomic E-state index is 0.00393. The molecule has 1 aliphatic rings. The molecule has 4 amide bonds. The summed E-state index contributed by atoms with van der Waals surface area (Å²) in [5, 5.41) is 0.912. The van der Waals surface area contributed by atoms with E-state index < -0.39 is 29.7 Å². The summed E-state index contributed by atoms with van der Waals surface area (Å²) in [6, 6.07) is 7.99. The monoisotopic (exact) mass is 485 g/mol. The number of carbonyl (C=O) groups is 4. The molecule has 0 spiro atoms. The van der Waals surface area contributed by atoms with E-state index in [0.717, 1.165) is 9.91 Å². The van der Waals surface area contributed by atoms with E-state index in [1.54, 1.807) is 31.2 Å². The Morgan fingerprint density at radius 1 is 0.971 bits per heavy atom. The number of hydrogen-bond donors (Lipinski definition) is 1. The first kappa shape index (κ1) is 25.3. The van der Waals surface area contributed by atoms with E-state index in [2.05, 4.69) is 5.43 Å². The fraction of sp³-hybridized carbons (Fsp3) is 0.333. The average Bonchev–Trinajstić information content (AvgIpc) is 3.18. The highest BCUT2D eigenvalue weighted by molar-refractivity contribution is 6.23. The molecule has 1 saturated heterocycles. The van der Waals surface area contributed by atoms with Crippen molar-refractivity contribution in [3.63, 3.8) is 0 Å². The van der Waals surface area contributed by atoms with Crippen LogP contribution >= 0.6 is 0 Å². The highest BCUT2D eigenvalue weighted by atomic mass is 16.5. The van der Waals surface area contributed by atoms with Gasteiger partial charge in [0, 0.05) is 12.0 Å². The van der Waals surface area contributed by atoms with Gasteiger partial charge in [-0.3, -0.25) is 24.6 Å². The molecule has 3 rings (SSSR count). The molecule has 1 N–H and O–H groups in total. The van der Waals surface area contributed by atoms with Gasteiger partial charge in [0.05, 0.1) is 40.5 Å². The number of nitrogens with zero attached hydrogens (tertiary/aromatic N) is 2. The van der Waals surface area contributed by atoms with Crippen molar-refractivity contribution in [2.75, 3.05) is 33.3 Å². The number of benzene rings is 2. The SMILES string of the molecule is CCC(=O)N(NC(=O)c1cc(OC)c(OC)c(OC)c1)C1CC(=O)N(c2ccc(OC)cc2)C1=O. The van der Waals surface area contributed by atoms with Crippen molar-refractivity contribution in [1.29, 1.82) is 0 Å². The molecular weight excluding hydrogens is 458 g/mol. The summed E-state index contributed by atoms with van der Waals surface area (Å²) in [6.07, 6.45) is -0.290. The first-order chi connectivity index (χ1) is 16.8. The highest BCUT2D eigenvalue weighted by Gasteiger charge is 2.45. The van der Waals surface area contributed by atoms with Gasteiger partial charge in [0.1, 0.15) is 11.8 Å². The minimum atomic E-state index is -1.21. The van der Waals surface area contributed by atoms with Crippen LogP contribution in [0.5, 0.6) is 23.0 Å². The van der Waals surface area contributed by atoms with Crippen molar-refractivity contribution in [1.82, 2.24) is 10.4 Å². The molecule has 0 bridgehead atoms. The summed E-state index contributed by atoms with van der Waals surface area (Å²) in [4.78, 5) is 52.8. The molecular formula is C24H27N3O8. The van der Waals surface area contributed by atoms with Crippen LogP contribution in [0.1, 0.15) is 30.1 Å². The van der Waals surface area contributed by atoms with E-state index in [1.165, 1.54) is 40.6 Å². The molecule has 11 nitrogen and oxygen atoms in total. The summed E-state index contributed by atoms with van der Waals surface area (Å²) < 4.78 is 20.9. The Morgan fingerprint density at radius 3 is 2.06 bits per heavy atom. The lowest BCUT2D eigenvalue weighted by Crippen LogP contribution is -2.54. The number of hydrazine groups is 1. The number of imide groups is 1. The van der Waals surface area contributed by atoms with Crippen LogP contribution in [0.2, 0.25) is 0 Å². The minimum Gasteiger partial charge on any atom is -0.497 e. The van der Waals surface area contributed by atoms with E-state index in [4.69, 9.17) is 18.9 Å². The summed E-state index contributed by atoms with van der Waals surface area (Å²) in [5.41, 5.74) is 2.91. The van der Waals surface area contributed by atoms with Crippen LogP contribution in [0.4, 0.5) is 5.69 Å². The molecule has 0 radical (unpaired) electrons. The van der Waals surface area contributed by atoms with Crippen molar-refractivity contribution in [3.05, 3.63) is 42.0 Å². The number of carbonyl (C=O) groups excluding carboxylic acids is 4. The van der Waals surface area contributed by atoms with Crippen LogP contribution in [-0.2, 0) is 14.4 Å². The van der Waals surface area contributed by atoms with Crippen LogP contribution in [-0.4, -0.2) is 63.1 Å². The van der Waals surface area contributed by atoms with E-state index in [0.29, 0.717) is 17.2 Å². The third-order valence-corrected chi connectivity index (χ3v) is 5.49. The maximum atomic E-state index is 13.2. The smallest absolute Gasteiger partial charge is 0.270 e. The molecule has 186 valence electrons. The third-order valence-electron chi connectivity index (χ3n) is 5.49. The van der Waals surface area contributed by atoms with Crippen LogP contribution < -0.4 is 29.3 Å². The Balaban J connectivity index is 1.90. The van der Waals surface area contributed by atoms with Gasteiger partial charge in [-0.15, -0.1) is 0 Å². The lowest BCUT2D eigenvalue weighted by atomic mass is 10.1. The van der Waals surface area contributed by atoms with Gasteiger partial charge in [0.2, 0.25) is 17.6 Å². The highest BCUT2D eigenvalue weighted by Crippen LogP contribution is 2.38. The molecule has 11 heteroatoms.